The topological polar surface area (TPSA) is 72.9 Å². The van der Waals surface area contributed by atoms with Gasteiger partial charge in [0.1, 0.15) is 6.04 Å². The van der Waals surface area contributed by atoms with E-state index in [1.165, 1.54) is 0 Å². The normalized spacial score (nSPS) is 12.2. The fourth-order valence-electron chi connectivity index (χ4n) is 1.59. The Morgan fingerprint density at radius 2 is 2.05 bits per heavy atom. The Kier molecular flexibility index (Phi) is 3.76. The van der Waals surface area contributed by atoms with Gasteiger partial charge in [-0.2, -0.15) is 5.10 Å². The van der Waals surface area contributed by atoms with Crippen molar-refractivity contribution in [2.45, 2.75) is 19.9 Å². The lowest BCUT2D eigenvalue weighted by atomic mass is 10.2. The first-order valence-electron chi connectivity index (χ1n) is 5.85. The van der Waals surface area contributed by atoms with E-state index < -0.39 is 6.04 Å². The van der Waals surface area contributed by atoms with E-state index in [4.69, 9.17) is 17.3 Å². The van der Waals surface area contributed by atoms with Crippen molar-refractivity contribution in [2.24, 2.45) is 0 Å². The van der Waals surface area contributed by atoms with Gasteiger partial charge in [0.25, 0.3) is 0 Å². The third-order valence-electron chi connectivity index (χ3n) is 2.81. The van der Waals surface area contributed by atoms with E-state index in [-0.39, 0.29) is 5.91 Å². The van der Waals surface area contributed by atoms with Gasteiger partial charge in [-0.1, -0.05) is 11.6 Å². The van der Waals surface area contributed by atoms with Gasteiger partial charge in [0.2, 0.25) is 5.91 Å². The highest BCUT2D eigenvalue weighted by atomic mass is 35.5. The quantitative estimate of drug-likeness (QED) is 0.848. The maximum atomic E-state index is 12.1. The van der Waals surface area contributed by atoms with Crippen molar-refractivity contribution < 1.29 is 4.79 Å². The molecule has 0 bridgehead atoms. The SMILES string of the molecule is Cc1nn(C(C)C(=O)Nc2ccc(N)cc2)cc1Cl. The number of hydrogen-bond acceptors (Lipinski definition) is 3. The minimum atomic E-state index is -0.441. The first-order valence-corrected chi connectivity index (χ1v) is 6.23. The molecule has 1 atom stereocenters. The lowest BCUT2D eigenvalue weighted by Gasteiger charge is -2.12. The zero-order valence-electron chi connectivity index (χ0n) is 10.7. The van der Waals surface area contributed by atoms with Gasteiger partial charge >= 0.3 is 0 Å². The summed E-state index contributed by atoms with van der Waals surface area (Å²) in [6.45, 7) is 3.55. The van der Waals surface area contributed by atoms with Crippen LogP contribution < -0.4 is 11.1 Å². The molecule has 1 heterocycles. The summed E-state index contributed by atoms with van der Waals surface area (Å²) in [6, 6.07) is 6.52. The summed E-state index contributed by atoms with van der Waals surface area (Å²) in [5.41, 5.74) is 7.64. The third kappa shape index (κ3) is 3.06. The molecule has 5 nitrogen and oxygen atoms in total. The average Bonchev–Trinajstić information content (AvgIpc) is 2.71. The number of nitrogen functional groups attached to an aromatic ring is 1. The molecule has 0 aliphatic carbocycles. The first-order chi connectivity index (χ1) is 8.97. The molecule has 0 aliphatic heterocycles. The van der Waals surface area contributed by atoms with Crippen LogP contribution in [0.25, 0.3) is 0 Å². The fourth-order valence-corrected chi connectivity index (χ4v) is 1.73. The maximum Gasteiger partial charge on any atom is 0.248 e. The number of benzene rings is 1. The minimum Gasteiger partial charge on any atom is -0.399 e. The molecule has 6 heteroatoms. The van der Waals surface area contributed by atoms with Gasteiger partial charge in [-0.3, -0.25) is 9.48 Å². The lowest BCUT2D eigenvalue weighted by Crippen LogP contribution is -2.24. The number of amides is 1. The smallest absolute Gasteiger partial charge is 0.248 e. The number of anilines is 2. The van der Waals surface area contributed by atoms with Crippen LogP contribution in [0.5, 0.6) is 0 Å². The van der Waals surface area contributed by atoms with Crippen LogP contribution in [0, 0.1) is 6.92 Å². The molecule has 1 aromatic heterocycles. The Morgan fingerprint density at radius 3 is 2.58 bits per heavy atom. The van der Waals surface area contributed by atoms with E-state index in [9.17, 15) is 4.79 Å². The van der Waals surface area contributed by atoms with E-state index in [0.717, 1.165) is 0 Å². The number of nitrogens with zero attached hydrogens (tertiary/aromatic N) is 2. The van der Waals surface area contributed by atoms with Crippen molar-refractivity contribution >= 4 is 28.9 Å². The second kappa shape index (κ2) is 5.32. The van der Waals surface area contributed by atoms with E-state index in [2.05, 4.69) is 10.4 Å². The largest absolute Gasteiger partial charge is 0.399 e. The molecule has 0 saturated heterocycles. The predicted molar refractivity (Wildman–Crippen MR) is 76.2 cm³/mol. The van der Waals surface area contributed by atoms with Crippen LogP contribution in [0.3, 0.4) is 0 Å². The zero-order valence-corrected chi connectivity index (χ0v) is 11.5. The van der Waals surface area contributed by atoms with Crippen molar-refractivity contribution in [3.63, 3.8) is 0 Å². The van der Waals surface area contributed by atoms with E-state index in [1.807, 2.05) is 0 Å². The van der Waals surface area contributed by atoms with E-state index >= 15 is 0 Å². The molecule has 0 spiro atoms. The number of nitrogens with two attached hydrogens (primary N) is 1. The van der Waals surface area contributed by atoms with E-state index in [1.54, 1.807) is 49.0 Å². The lowest BCUT2D eigenvalue weighted by molar-refractivity contribution is -0.119. The second-order valence-electron chi connectivity index (χ2n) is 4.33. The molecule has 100 valence electrons. The second-order valence-corrected chi connectivity index (χ2v) is 4.74. The van der Waals surface area contributed by atoms with Crippen LogP contribution >= 0.6 is 11.6 Å². The molecule has 1 aromatic carbocycles. The van der Waals surface area contributed by atoms with Crippen molar-refractivity contribution in [1.82, 2.24) is 9.78 Å². The number of halogens is 1. The van der Waals surface area contributed by atoms with Gasteiger partial charge in [0.15, 0.2) is 0 Å². The highest BCUT2D eigenvalue weighted by Gasteiger charge is 2.17. The Hall–Kier alpha value is -2.01. The van der Waals surface area contributed by atoms with Crippen LogP contribution in [0.15, 0.2) is 30.5 Å². The molecular formula is C13H15ClN4O. The van der Waals surface area contributed by atoms with Crippen LogP contribution in [-0.2, 0) is 4.79 Å². The number of nitrogens with one attached hydrogen (secondary N) is 1. The summed E-state index contributed by atoms with van der Waals surface area (Å²) in [6.07, 6.45) is 1.64. The summed E-state index contributed by atoms with van der Waals surface area (Å²) in [4.78, 5) is 12.1. The number of hydrogen-bond donors (Lipinski definition) is 2. The summed E-state index contributed by atoms with van der Waals surface area (Å²) in [5.74, 6) is -0.163. The number of carbonyl (C=O) groups excluding carboxylic acids is 1. The van der Waals surface area contributed by atoms with Crippen molar-refractivity contribution in [2.75, 3.05) is 11.1 Å². The molecule has 2 rings (SSSR count). The summed E-state index contributed by atoms with van der Waals surface area (Å²) in [7, 11) is 0. The summed E-state index contributed by atoms with van der Waals surface area (Å²) < 4.78 is 1.55. The highest BCUT2D eigenvalue weighted by Crippen LogP contribution is 2.17. The average molecular weight is 279 g/mol. The number of carbonyl (C=O) groups is 1. The molecule has 0 radical (unpaired) electrons. The van der Waals surface area contributed by atoms with Gasteiger partial charge in [-0.05, 0) is 38.1 Å². The molecule has 19 heavy (non-hydrogen) atoms. The molecule has 0 saturated carbocycles. The minimum absolute atomic E-state index is 0.163. The maximum absolute atomic E-state index is 12.1. The molecule has 1 unspecified atom stereocenters. The van der Waals surface area contributed by atoms with Crippen molar-refractivity contribution in [1.29, 1.82) is 0 Å². The zero-order chi connectivity index (χ0) is 14.0. The molecule has 0 fully saturated rings. The van der Waals surface area contributed by atoms with Crippen LogP contribution in [0.2, 0.25) is 5.02 Å². The highest BCUT2D eigenvalue weighted by molar-refractivity contribution is 6.31. The predicted octanol–water partition coefficient (Wildman–Crippen LogP) is 2.63. The molecule has 3 N–H and O–H groups in total. The third-order valence-corrected chi connectivity index (χ3v) is 3.18. The van der Waals surface area contributed by atoms with Crippen molar-refractivity contribution in [3.05, 3.63) is 41.2 Å². The van der Waals surface area contributed by atoms with Gasteiger partial charge in [-0.15, -0.1) is 0 Å². The monoisotopic (exact) mass is 278 g/mol. The number of aromatic nitrogens is 2. The number of aryl methyl sites for hydroxylation is 1. The van der Waals surface area contributed by atoms with Gasteiger partial charge in [0, 0.05) is 17.6 Å². The first kappa shape index (κ1) is 13.4. The molecule has 1 amide bonds. The van der Waals surface area contributed by atoms with Gasteiger partial charge in [0.05, 0.1) is 10.7 Å². The molecular weight excluding hydrogens is 264 g/mol. The van der Waals surface area contributed by atoms with E-state index in [0.29, 0.717) is 22.1 Å². The Labute approximate surface area is 116 Å². The Bertz CT molecular complexity index is 572. The summed E-state index contributed by atoms with van der Waals surface area (Å²) >= 11 is 5.93. The van der Waals surface area contributed by atoms with Crippen LogP contribution in [0.4, 0.5) is 11.4 Å². The molecule has 0 aliphatic rings. The fraction of sp³-hybridized carbons (Fsp3) is 0.231. The standard InChI is InChI=1S/C13H15ClN4O/c1-8-12(14)7-18(17-8)9(2)13(19)16-11-5-3-10(15)4-6-11/h3-7,9H,15H2,1-2H3,(H,16,19). The van der Waals surface area contributed by atoms with Gasteiger partial charge < -0.3 is 11.1 Å². The number of rotatable bonds is 3. The van der Waals surface area contributed by atoms with Gasteiger partial charge in [-0.25, -0.2) is 0 Å². The van der Waals surface area contributed by atoms with Crippen LogP contribution in [-0.4, -0.2) is 15.7 Å². The van der Waals surface area contributed by atoms with Crippen molar-refractivity contribution in [3.8, 4) is 0 Å². The molecule has 2 aromatic rings. The Morgan fingerprint density at radius 1 is 1.42 bits per heavy atom. The van der Waals surface area contributed by atoms with Crippen LogP contribution in [0.1, 0.15) is 18.7 Å². The Balaban J connectivity index is 2.09. The summed E-state index contributed by atoms with van der Waals surface area (Å²) in [5, 5.41) is 7.54.